The molecule has 0 saturated carbocycles. The number of hydrogen-bond donors (Lipinski definition) is 1. The molecule has 22 heavy (non-hydrogen) atoms. The van der Waals surface area contributed by atoms with Gasteiger partial charge in [0.2, 0.25) is 0 Å². The van der Waals surface area contributed by atoms with E-state index in [-0.39, 0.29) is 12.5 Å². The summed E-state index contributed by atoms with van der Waals surface area (Å²) in [7, 11) is 0. The van der Waals surface area contributed by atoms with Crippen molar-refractivity contribution in [2.24, 2.45) is 0 Å². The van der Waals surface area contributed by atoms with E-state index in [0.29, 0.717) is 10.9 Å². The second-order valence-electron chi connectivity index (χ2n) is 5.14. The number of hydrogen-bond acceptors (Lipinski definition) is 4. The van der Waals surface area contributed by atoms with Gasteiger partial charge in [0.15, 0.2) is 11.7 Å². The Bertz CT molecular complexity index is 826. The molecule has 1 aromatic heterocycles. The summed E-state index contributed by atoms with van der Waals surface area (Å²) in [6.45, 7) is 3.99. The van der Waals surface area contributed by atoms with Gasteiger partial charge < -0.3 is 4.74 Å². The number of thiazole rings is 1. The maximum Gasteiger partial charge on any atom is 0.264 e. The summed E-state index contributed by atoms with van der Waals surface area (Å²) in [4.78, 5) is 16.3. The Labute approximate surface area is 132 Å². The number of carbonyl (C=O) groups excluding carboxylic acids is 1. The lowest BCUT2D eigenvalue weighted by molar-refractivity contribution is -0.118. The molecular formula is C17H16N2O2S. The lowest BCUT2D eigenvalue weighted by atomic mass is 10.2. The minimum atomic E-state index is -0.211. The van der Waals surface area contributed by atoms with Crippen molar-refractivity contribution in [1.29, 1.82) is 0 Å². The molecule has 2 aromatic carbocycles. The fraction of sp³-hybridized carbons (Fsp3) is 0.176. The van der Waals surface area contributed by atoms with Crippen LogP contribution in [0.4, 0.5) is 5.13 Å². The molecule has 0 saturated heterocycles. The van der Waals surface area contributed by atoms with Gasteiger partial charge in [0, 0.05) is 0 Å². The van der Waals surface area contributed by atoms with E-state index in [1.165, 1.54) is 16.9 Å². The van der Waals surface area contributed by atoms with Crippen LogP contribution in [0.2, 0.25) is 0 Å². The molecule has 0 spiro atoms. The molecule has 0 bridgehead atoms. The van der Waals surface area contributed by atoms with Gasteiger partial charge in [0.25, 0.3) is 5.91 Å². The lowest BCUT2D eigenvalue weighted by Crippen LogP contribution is -2.20. The third kappa shape index (κ3) is 3.43. The number of aryl methyl sites for hydroxylation is 2. The molecule has 1 amide bonds. The fourth-order valence-electron chi connectivity index (χ4n) is 2.09. The molecule has 0 radical (unpaired) electrons. The normalized spacial score (nSPS) is 10.6. The van der Waals surface area contributed by atoms with Crippen LogP contribution < -0.4 is 10.1 Å². The number of anilines is 1. The predicted molar refractivity (Wildman–Crippen MR) is 89.7 cm³/mol. The number of aromatic nitrogens is 1. The van der Waals surface area contributed by atoms with Gasteiger partial charge >= 0.3 is 0 Å². The van der Waals surface area contributed by atoms with Crippen molar-refractivity contribution in [3.8, 4) is 5.75 Å². The molecule has 0 aliphatic rings. The number of rotatable bonds is 4. The molecule has 1 heterocycles. The molecule has 0 unspecified atom stereocenters. The summed E-state index contributed by atoms with van der Waals surface area (Å²) in [6, 6.07) is 13.6. The minimum Gasteiger partial charge on any atom is -0.484 e. The zero-order valence-corrected chi connectivity index (χ0v) is 13.2. The highest BCUT2D eigenvalue weighted by Gasteiger charge is 2.08. The van der Waals surface area contributed by atoms with Crippen LogP contribution in [0.15, 0.2) is 42.5 Å². The second-order valence-corrected chi connectivity index (χ2v) is 6.17. The quantitative estimate of drug-likeness (QED) is 0.794. The van der Waals surface area contributed by atoms with Gasteiger partial charge in [0.1, 0.15) is 5.75 Å². The molecule has 0 aliphatic heterocycles. The first-order valence-corrected chi connectivity index (χ1v) is 7.78. The average Bonchev–Trinajstić information content (AvgIpc) is 2.86. The van der Waals surface area contributed by atoms with Gasteiger partial charge in [-0.05, 0) is 49.2 Å². The van der Waals surface area contributed by atoms with Crippen molar-refractivity contribution in [3.05, 3.63) is 53.6 Å². The molecule has 0 aliphatic carbocycles. The van der Waals surface area contributed by atoms with Gasteiger partial charge in [-0.3, -0.25) is 10.1 Å². The van der Waals surface area contributed by atoms with Gasteiger partial charge in [-0.1, -0.05) is 29.5 Å². The number of benzene rings is 2. The largest absolute Gasteiger partial charge is 0.484 e. The van der Waals surface area contributed by atoms with E-state index in [1.807, 2.05) is 50.2 Å². The summed E-state index contributed by atoms with van der Waals surface area (Å²) >= 11 is 1.47. The number of carbonyl (C=O) groups is 1. The number of ether oxygens (including phenoxy) is 1. The van der Waals surface area contributed by atoms with Gasteiger partial charge in [-0.2, -0.15) is 0 Å². The Morgan fingerprint density at radius 3 is 2.82 bits per heavy atom. The molecule has 1 N–H and O–H groups in total. The van der Waals surface area contributed by atoms with Crippen LogP contribution >= 0.6 is 11.3 Å². The topological polar surface area (TPSA) is 51.2 Å². The summed E-state index contributed by atoms with van der Waals surface area (Å²) < 4.78 is 6.54. The lowest BCUT2D eigenvalue weighted by Gasteiger charge is -2.06. The van der Waals surface area contributed by atoms with Crippen molar-refractivity contribution >= 4 is 32.6 Å². The molecule has 3 aromatic rings. The van der Waals surface area contributed by atoms with E-state index in [2.05, 4.69) is 16.4 Å². The number of nitrogens with zero attached hydrogens (tertiary/aromatic N) is 1. The SMILES string of the molecule is Cc1cccc(OCC(=O)Nc2nc3ccc(C)cc3s2)c1. The first-order chi connectivity index (χ1) is 10.6. The van der Waals surface area contributed by atoms with Crippen LogP contribution in [-0.4, -0.2) is 17.5 Å². The standard InChI is InChI=1S/C17H16N2O2S/c1-11-4-3-5-13(8-11)21-10-16(20)19-17-18-14-7-6-12(2)9-15(14)22-17/h3-9H,10H2,1-2H3,(H,18,19,20). The first-order valence-electron chi connectivity index (χ1n) is 6.97. The van der Waals surface area contributed by atoms with E-state index < -0.39 is 0 Å². The maximum atomic E-state index is 11.9. The van der Waals surface area contributed by atoms with Crippen LogP contribution in [0.5, 0.6) is 5.75 Å². The molecular weight excluding hydrogens is 296 g/mol. The Kier molecular flexibility index (Phi) is 4.06. The molecule has 3 rings (SSSR count). The Hall–Kier alpha value is -2.40. The number of amides is 1. The van der Waals surface area contributed by atoms with Crippen LogP contribution in [-0.2, 0) is 4.79 Å². The predicted octanol–water partition coefficient (Wildman–Crippen LogP) is 3.93. The third-order valence-electron chi connectivity index (χ3n) is 3.15. The molecule has 5 heteroatoms. The molecule has 112 valence electrons. The first kappa shape index (κ1) is 14.5. The van der Waals surface area contributed by atoms with Crippen LogP contribution in [0.1, 0.15) is 11.1 Å². The number of nitrogens with one attached hydrogen (secondary N) is 1. The zero-order chi connectivity index (χ0) is 15.5. The number of fused-ring (bicyclic) bond motifs is 1. The van der Waals surface area contributed by atoms with Gasteiger partial charge in [0.05, 0.1) is 10.2 Å². The van der Waals surface area contributed by atoms with Crippen molar-refractivity contribution in [2.45, 2.75) is 13.8 Å². The summed E-state index contributed by atoms with van der Waals surface area (Å²) in [5.41, 5.74) is 3.17. The average molecular weight is 312 g/mol. The van der Waals surface area contributed by atoms with Crippen LogP contribution in [0.25, 0.3) is 10.2 Å². The fourth-order valence-corrected chi connectivity index (χ4v) is 3.07. The van der Waals surface area contributed by atoms with E-state index in [9.17, 15) is 4.79 Å². The van der Waals surface area contributed by atoms with Crippen molar-refractivity contribution in [1.82, 2.24) is 4.98 Å². The second kappa shape index (κ2) is 6.15. The van der Waals surface area contributed by atoms with Crippen LogP contribution in [0.3, 0.4) is 0 Å². The van der Waals surface area contributed by atoms with Crippen molar-refractivity contribution in [2.75, 3.05) is 11.9 Å². The highest BCUT2D eigenvalue weighted by atomic mass is 32.1. The Balaban J connectivity index is 1.63. The summed E-state index contributed by atoms with van der Waals surface area (Å²) in [5, 5.41) is 3.37. The smallest absolute Gasteiger partial charge is 0.264 e. The summed E-state index contributed by atoms with van der Waals surface area (Å²) in [6.07, 6.45) is 0. The maximum absolute atomic E-state index is 11.9. The van der Waals surface area contributed by atoms with Crippen molar-refractivity contribution < 1.29 is 9.53 Å². The van der Waals surface area contributed by atoms with Gasteiger partial charge in [-0.15, -0.1) is 0 Å². The van der Waals surface area contributed by atoms with Crippen LogP contribution in [0, 0.1) is 13.8 Å². The Morgan fingerprint density at radius 1 is 1.18 bits per heavy atom. The van der Waals surface area contributed by atoms with E-state index in [1.54, 1.807) is 0 Å². The van der Waals surface area contributed by atoms with E-state index in [4.69, 9.17) is 4.74 Å². The third-order valence-corrected chi connectivity index (χ3v) is 4.08. The highest BCUT2D eigenvalue weighted by Crippen LogP contribution is 2.26. The molecule has 0 atom stereocenters. The Morgan fingerprint density at radius 2 is 2.00 bits per heavy atom. The van der Waals surface area contributed by atoms with E-state index in [0.717, 1.165) is 15.8 Å². The monoisotopic (exact) mass is 312 g/mol. The highest BCUT2D eigenvalue weighted by molar-refractivity contribution is 7.22. The molecule has 0 fully saturated rings. The minimum absolute atomic E-state index is 0.0294. The molecule has 4 nitrogen and oxygen atoms in total. The van der Waals surface area contributed by atoms with Gasteiger partial charge in [-0.25, -0.2) is 4.98 Å². The summed E-state index contributed by atoms with van der Waals surface area (Å²) in [5.74, 6) is 0.479. The van der Waals surface area contributed by atoms with E-state index >= 15 is 0 Å². The zero-order valence-electron chi connectivity index (χ0n) is 12.4. The van der Waals surface area contributed by atoms with Crippen molar-refractivity contribution in [3.63, 3.8) is 0 Å².